The number of amides is 2. The first-order valence-electron chi connectivity index (χ1n) is 9.20. The fourth-order valence-electron chi connectivity index (χ4n) is 3.42. The number of carbonyl (C=O) groups is 2. The molecule has 5 heteroatoms. The Kier molecular flexibility index (Phi) is 4.81. The number of benzene rings is 3. The summed E-state index contributed by atoms with van der Waals surface area (Å²) in [6.07, 6.45) is 0. The highest BCUT2D eigenvalue weighted by Crippen LogP contribution is 2.28. The van der Waals surface area contributed by atoms with Crippen LogP contribution in [-0.4, -0.2) is 11.8 Å². The van der Waals surface area contributed by atoms with E-state index in [0.29, 0.717) is 16.9 Å². The number of rotatable bonds is 4. The van der Waals surface area contributed by atoms with Crippen molar-refractivity contribution < 1.29 is 9.59 Å². The molecule has 0 saturated heterocycles. The molecule has 2 N–H and O–H groups in total. The van der Waals surface area contributed by atoms with Crippen molar-refractivity contribution >= 4 is 28.9 Å². The number of anilines is 3. The van der Waals surface area contributed by atoms with E-state index in [4.69, 9.17) is 0 Å². The summed E-state index contributed by atoms with van der Waals surface area (Å²) in [5, 5.41) is 5.59. The van der Waals surface area contributed by atoms with Crippen molar-refractivity contribution in [1.82, 2.24) is 0 Å². The van der Waals surface area contributed by atoms with Crippen molar-refractivity contribution in [3.05, 3.63) is 89.5 Å². The number of nitrogens with zero attached hydrogens (tertiary/aromatic N) is 1. The molecule has 0 unspecified atom stereocenters. The summed E-state index contributed by atoms with van der Waals surface area (Å²) >= 11 is 0. The Morgan fingerprint density at radius 3 is 1.86 bits per heavy atom. The van der Waals surface area contributed by atoms with Crippen LogP contribution in [0.3, 0.4) is 0 Å². The van der Waals surface area contributed by atoms with Gasteiger partial charge in [0.05, 0.1) is 11.4 Å². The van der Waals surface area contributed by atoms with Crippen LogP contribution in [0.5, 0.6) is 0 Å². The lowest BCUT2D eigenvalue weighted by atomic mass is 10.1. The molecule has 1 heterocycles. The van der Waals surface area contributed by atoms with Crippen LogP contribution in [0.4, 0.5) is 17.1 Å². The van der Waals surface area contributed by atoms with E-state index in [2.05, 4.69) is 39.8 Å². The smallest absolute Gasteiger partial charge is 0.255 e. The standard InChI is InChI=1S/C23H21N3O2/c1-16(27)24-21-8-4-5-9-22(21)25-23(28)17-10-12-20(13-11-17)26-14-18-6-2-3-7-19(18)15-26/h2-13H,14-15H2,1H3,(H,24,27)(H,25,28). The summed E-state index contributed by atoms with van der Waals surface area (Å²) in [6.45, 7) is 3.20. The first kappa shape index (κ1) is 17.8. The van der Waals surface area contributed by atoms with Gasteiger partial charge in [0.25, 0.3) is 5.91 Å². The Balaban J connectivity index is 1.46. The molecule has 28 heavy (non-hydrogen) atoms. The Bertz CT molecular complexity index is 1000. The molecule has 0 atom stereocenters. The van der Waals surface area contributed by atoms with Crippen LogP contribution in [0.25, 0.3) is 0 Å². The van der Waals surface area contributed by atoms with Gasteiger partial charge >= 0.3 is 0 Å². The predicted molar refractivity (Wildman–Crippen MR) is 111 cm³/mol. The highest BCUT2D eigenvalue weighted by molar-refractivity contribution is 6.07. The molecule has 1 aliphatic heterocycles. The van der Waals surface area contributed by atoms with Gasteiger partial charge in [0.15, 0.2) is 0 Å². The molecule has 0 spiro atoms. The second-order valence-electron chi connectivity index (χ2n) is 6.85. The summed E-state index contributed by atoms with van der Waals surface area (Å²) in [4.78, 5) is 26.3. The van der Waals surface area contributed by atoms with E-state index >= 15 is 0 Å². The molecule has 0 aromatic heterocycles. The molecule has 5 nitrogen and oxygen atoms in total. The average Bonchev–Trinajstić information content (AvgIpc) is 3.13. The van der Waals surface area contributed by atoms with Crippen LogP contribution in [0.1, 0.15) is 28.4 Å². The third-order valence-electron chi connectivity index (χ3n) is 4.82. The maximum atomic E-state index is 12.6. The van der Waals surface area contributed by atoms with E-state index in [9.17, 15) is 9.59 Å². The van der Waals surface area contributed by atoms with Crippen LogP contribution >= 0.6 is 0 Å². The highest BCUT2D eigenvalue weighted by Gasteiger charge is 2.19. The Labute approximate surface area is 164 Å². The van der Waals surface area contributed by atoms with Crippen molar-refractivity contribution in [3.8, 4) is 0 Å². The lowest BCUT2D eigenvalue weighted by molar-refractivity contribution is -0.114. The Hall–Kier alpha value is -3.60. The molecule has 4 rings (SSSR count). The van der Waals surface area contributed by atoms with Crippen LogP contribution in [0, 0.1) is 0 Å². The molecular formula is C23H21N3O2. The third-order valence-corrected chi connectivity index (χ3v) is 4.82. The lowest BCUT2D eigenvalue weighted by Gasteiger charge is -2.18. The fourth-order valence-corrected chi connectivity index (χ4v) is 3.42. The molecule has 0 aliphatic carbocycles. The maximum Gasteiger partial charge on any atom is 0.255 e. The largest absolute Gasteiger partial charge is 0.363 e. The lowest BCUT2D eigenvalue weighted by Crippen LogP contribution is -2.16. The first-order valence-corrected chi connectivity index (χ1v) is 9.20. The maximum absolute atomic E-state index is 12.6. The van der Waals surface area contributed by atoms with Gasteiger partial charge in [-0.1, -0.05) is 36.4 Å². The average molecular weight is 371 g/mol. The quantitative estimate of drug-likeness (QED) is 0.714. The molecular weight excluding hydrogens is 350 g/mol. The zero-order chi connectivity index (χ0) is 19.5. The minimum atomic E-state index is -0.214. The van der Waals surface area contributed by atoms with E-state index in [1.165, 1.54) is 18.1 Å². The Morgan fingerprint density at radius 2 is 1.29 bits per heavy atom. The minimum absolute atomic E-state index is 0.183. The van der Waals surface area contributed by atoms with Crippen LogP contribution < -0.4 is 15.5 Å². The zero-order valence-corrected chi connectivity index (χ0v) is 15.6. The molecule has 3 aromatic carbocycles. The topological polar surface area (TPSA) is 61.4 Å². The number of fused-ring (bicyclic) bond motifs is 1. The molecule has 0 bridgehead atoms. The fraction of sp³-hybridized carbons (Fsp3) is 0.130. The van der Waals surface area contributed by atoms with Crippen LogP contribution in [0.2, 0.25) is 0 Å². The summed E-state index contributed by atoms with van der Waals surface area (Å²) in [5.41, 5.74) is 5.50. The van der Waals surface area contributed by atoms with E-state index in [-0.39, 0.29) is 11.8 Å². The van der Waals surface area contributed by atoms with Gasteiger partial charge in [-0.05, 0) is 47.5 Å². The van der Waals surface area contributed by atoms with Gasteiger partial charge in [-0.2, -0.15) is 0 Å². The zero-order valence-electron chi connectivity index (χ0n) is 15.6. The predicted octanol–water partition coefficient (Wildman–Crippen LogP) is 4.42. The van der Waals surface area contributed by atoms with E-state index in [1.807, 2.05) is 36.4 Å². The molecule has 3 aromatic rings. The van der Waals surface area contributed by atoms with Gasteiger partial charge in [-0.25, -0.2) is 0 Å². The van der Waals surface area contributed by atoms with Gasteiger partial charge in [0.2, 0.25) is 5.91 Å². The Morgan fingerprint density at radius 1 is 0.750 bits per heavy atom. The summed E-state index contributed by atoms with van der Waals surface area (Å²) in [7, 11) is 0. The van der Waals surface area contributed by atoms with E-state index < -0.39 is 0 Å². The monoisotopic (exact) mass is 371 g/mol. The number of para-hydroxylation sites is 2. The molecule has 2 amide bonds. The van der Waals surface area contributed by atoms with Crippen molar-refractivity contribution in [1.29, 1.82) is 0 Å². The molecule has 0 saturated carbocycles. The second-order valence-corrected chi connectivity index (χ2v) is 6.85. The summed E-state index contributed by atoms with van der Waals surface area (Å²) < 4.78 is 0. The third kappa shape index (κ3) is 3.74. The van der Waals surface area contributed by atoms with Crippen molar-refractivity contribution in [2.24, 2.45) is 0 Å². The number of hydrogen-bond acceptors (Lipinski definition) is 3. The normalized spacial score (nSPS) is 12.4. The summed E-state index contributed by atoms with van der Waals surface area (Å²) in [6, 6.07) is 23.2. The van der Waals surface area contributed by atoms with Crippen molar-refractivity contribution in [2.75, 3.05) is 15.5 Å². The molecule has 0 radical (unpaired) electrons. The summed E-state index contributed by atoms with van der Waals surface area (Å²) in [5.74, 6) is -0.397. The van der Waals surface area contributed by atoms with Crippen molar-refractivity contribution in [3.63, 3.8) is 0 Å². The van der Waals surface area contributed by atoms with Crippen molar-refractivity contribution in [2.45, 2.75) is 20.0 Å². The number of carbonyl (C=O) groups excluding carboxylic acids is 2. The van der Waals surface area contributed by atoms with Crippen LogP contribution in [0.15, 0.2) is 72.8 Å². The highest BCUT2D eigenvalue weighted by atomic mass is 16.2. The molecule has 1 aliphatic rings. The number of nitrogens with one attached hydrogen (secondary N) is 2. The van der Waals surface area contributed by atoms with Gasteiger partial charge in [-0.15, -0.1) is 0 Å². The van der Waals surface area contributed by atoms with Gasteiger partial charge in [-0.3, -0.25) is 9.59 Å². The minimum Gasteiger partial charge on any atom is -0.363 e. The second kappa shape index (κ2) is 7.56. The van der Waals surface area contributed by atoms with E-state index in [0.717, 1.165) is 18.8 Å². The molecule has 0 fully saturated rings. The molecule has 140 valence electrons. The van der Waals surface area contributed by atoms with Crippen LogP contribution in [-0.2, 0) is 17.9 Å². The SMILES string of the molecule is CC(=O)Nc1ccccc1NC(=O)c1ccc(N2Cc3ccccc3C2)cc1. The number of hydrogen-bond donors (Lipinski definition) is 2. The van der Waals surface area contributed by atoms with Gasteiger partial charge in [0, 0.05) is 31.3 Å². The van der Waals surface area contributed by atoms with Gasteiger partial charge < -0.3 is 15.5 Å². The first-order chi connectivity index (χ1) is 13.6. The van der Waals surface area contributed by atoms with Gasteiger partial charge in [0.1, 0.15) is 0 Å². The van der Waals surface area contributed by atoms with E-state index in [1.54, 1.807) is 12.1 Å².